The number of hydrogen-bond donors (Lipinski definition) is 1. The summed E-state index contributed by atoms with van der Waals surface area (Å²) in [5.41, 5.74) is 0.838. The molecule has 0 bridgehead atoms. The van der Waals surface area contributed by atoms with Crippen LogP contribution in [0.1, 0.15) is 31.3 Å². The lowest BCUT2D eigenvalue weighted by atomic mass is 9.99. The van der Waals surface area contributed by atoms with Gasteiger partial charge in [0.25, 0.3) is 0 Å². The fourth-order valence-corrected chi connectivity index (χ4v) is 3.84. The minimum Gasteiger partial charge on any atom is -0.349 e. The third kappa shape index (κ3) is 3.91. The summed E-state index contributed by atoms with van der Waals surface area (Å²) in [5, 5.41) is 16.7. The molecular formula is C16H22N8OS. The number of carbonyl (C=O) groups is 1. The smallest absolute Gasteiger partial charge is 0.242 e. The minimum atomic E-state index is -0.123. The van der Waals surface area contributed by atoms with Gasteiger partial charge in [-0.3, -0.25) is 14.1 Å². The van der Waals surface area contributed by atoms with Gasteiger partial charge in [0.2, 0.25) is 5.91 Å². The quantitative estimate of drug-likeness (QED) is 0.690. The number of nitrogens with zero attached hydrogens (tertiary/aromatic N) is 7. The van der Waals surface area contributed by atoms with Crippen LogP contribution in [0.4, 0.5) is 0 Å². The van der Waals surface area contributed by atoms with Crippen LogP contribution in [0.2, 0.25) is 0 Å². The summed E-state index contributed by atoms with van der Waals surface area (Å²) < 4.78 is 3.53. The Morgan fingerprint density at radius 2 is 2.23 bits per heavy atom. The van der Waals surface area contributed by atoms with Crippen LogP contribution in [0.15, 0.2) is 17.8 Å². The Hall–Kier alpha value is -2.33. The Kier molecular flexibility index (Phi) is 4.93. The molecule has 26 heavy (non-hydrogen) atoms. The second kappa shape index (κ2) is 7.50. The van der Waals surface area contributed by atoms with Crippen molar-refractivity contribution in [1.82, 2.24) is 39.8 Å². The molecule has 1 N–H and O–H groups in total. The lowest BCUT2D eigenvalue weighted by molar-refractivity contribution is -0.122. The maximum Gasteiger partial charge on any atom is 0.242 e. The number of imidazole rings is 1. The van der Waals surface area contributed by atoms with Gasteiger partial charge in [-0.2, -0.15) is 0 Å². The Morgan fingerprint density at radius 1 is 1.38 bits per heavy atom. The van der Waals surface area contributed by atoms with Crippen LogP contribution in [-0.2, 0) is 24.4 Å². The number of rotatable bonds is 6. The first-order chi connectivity index (χ1) is 12.7. The zero-order chi connectivity index (χ0) is 17.9. The molecule has 10 heteroatoms. The molecule has 1 aliphatic heterocycles. The molecule has 0 atom stereocenters. The first kappa shape index (κ1) is 17.1. The summed E-state index contributed by atoms with van der Waals surface area (Å²) in [6.07, 6.45) is 6.27. The van der Waals surface area contributed by atoms with Crippen molar-refractivity contribution in [3.63, 3.8) is 0 Å². The summed E-state index contributed by atoms with van der Waals surface area (Å²) in [6, 6.07) is 0. The van der Waals surface area contributed by atoms with Gasteiger partial charge < -0.3 is 5.32 Å². The summed E-state index contributed by atoms with van der Waals surface area (Å²) in [5.74, 6) is 1.39. The Labute approximate surface area is 155 Å². The van der Waals surface area contributed by atoms with Crippen molar-refractivity contribution in [2.24, 2.45) is 5.92 Å². The van der Waals surface area contributed by atoms with Crippen LogP contribution in [0.3, 0.4) is 0 Å². The zero-order valence-electron chi connectivity index (χ0n) is 14.7. The highest BCUT2D eigenvalue weighted by atomic mass is 32.1. The number of carbonyl (C=O) groups excluding carboxylic acids is 1. The third-order valence-electron chi connectivity index (χ3n) is 4.75. The van der Waals surface area contributed by atoms with E-state index >= 15 is 0 Å². The topological polar surface area (TPSA) is 93.2 Å². The molecular weight excluding hydrogens is 352 g/mol. The fourth-order valence-electron chi connectivity index (χ4n) is 3.12. The molecule has 0 aliphatic carbocycles. The third-order valence-corrected chi connectivity index (χ3v) is 5.52. The number of amides is 1. The van der Waals surface area contributed by atoms with Crippen LogP contribution in [0.5, 0.6) is 0 Å². The van der Waals surface area contributed by atoms with E-state index in [-0.39, 0.29) is 12.5 Å². The number of likely N-dealkylation sites (tertiary alicyclic amines) is 1. The summed E-state index contributed by atoms with van der Waals surface area (Å²) >= 11 is 1.57. The normalized spacial score (nSPS) is 16.3. The molecule has 1 fully saturated rings. The van der Waals surface area contributed by atoms with E-state index in [0.717, 1.165) is 35.5 Å². The number of nitrogens with one attached hydrogen (secondary N) is 1. The second-order valence-corrected chi connectivity index (χ2v) is 7.69. The van der Waals surface area contributed by atoms with Crippen LogP contribution >= 0.6 is 11.3 Å². The van der Waals surface area contributed by atoms with E-state index in [0.29, 0.717) is 13.1 Å². The standard InChI is InChI=1S/C16H22N8OS/c1-12-2-4-22(5-3-12)10-14-19-20-21-24(14)11-15(25)17-8-13-9-23-6-7-26-16(23)18-13/h6-7,9,12H,2-5,8,10-11H2,1H3,(H,17,25). The van der Waals surface area contributed by atoms with Crippen molar-refractivity contribution >= 4 is 22.2 Å². The van der Waals surface area contributed by atoms with Crippen molar-refractivity contribution in [3.05, 3.63) is 29.3 Å². The van der Waals surface area contributed by atoms with Gasteiger partial charge in [0.05, 0.1) is 18.8 Å². The maximum absolute atomic E-state index is 12.3. The molecule has 138 valence electrons. The van der Waals surface area contributed by atoms with Crippen molar-refractivity contribution in [2.75, 3.05) is 13.1 Å². The molecule has 9 nitrogen and oxygen atoms in total. The van der Waals surface area contributed by atoms with Crippen LogP contribution in [-0.4, -0.2) is 53.5 Å². The van der Waals surface area contributed by atoms with Crippen LogP contribution < -0.4 is 5.32 Å². The van der Waals surface area contributed by atoms with Crippen molar-refractivity contribution in [1.29, 1.82) is 0 Å². The van der Waals surface area contributed by atoms with Gasteiger partial charge >= 0.3 is 0 Å². The Balaban J connectivity index is 1.30. The predicted octanol–water partition coefficient (Wildman–Crippen LogP) is 0.931. The van der Waals surface area contributed by atoms with Gasteiger partial charge in [-0.15, -0.1) is 16.4 Å². The molecule has 1 saturated heterocycles. The SMILES string of the molecule is CC1CCN(Cc2nnnn2CC(=O)NCc2cn3ccsc3n2)CC1. The Bertz CT molecular complexity index is 847. The average Bonchev–Trinajstić information content (AvgIpc) is 3.32. The Morgan fingerprint density at radius 3 is 3.04 bits per heavy atom. The predicted molar refractivity (Wildman–Crippen MR) is 96.4 cm³/mol. The molecule has 0 spiro atoms. The molecule has 3 aromatic rings. The number of tetrazole rings is 1. The molecule has 0 radical (unpaired) electrons. The highest BCUT2D eigenvalue weighted by Crippen LogP contribution is 2.17. The highest BCUT2D eigenvalue weighted by Gasteiger charge is 2.19. The zero-order valence-corrected chi connectivity index (χ0v) is 15.5. The molecule has 0 aromatic carbocycles. The van der Waals surface area contributed by atoms with Gasteiger partial charge in [0, 0.05) is 17.8 Å². The maximum atomic E-state index is 12.3. The van der Waals surface area contributed by atoms with Gasteiger partial charge in [0.15, 0.2) is 10.8 Å². The number of aromatic nitrogens is 6. The van der Waals surface area contributed by atoms with Crippen molar-refractivity contribution < 1.29 is 4.79 Å². The van der Waals surface area contributed by atoms with Gasteiger partial charge in [-0.25, -0.2) is 9.67 Å². The summed E-state index contributed by atoms with van der Waals surface area (Å²) in [7, 11) is 0. The average molecular weight is 374 g/mol. The van der Waals surface area contributed by atoms with E-state index in [1.807, 2.05) is 22.2 Å². The molecule has 4 rings (SSSR count). The van der Waals surface area contributed by atoms with Gasteiger partial charge in [-0.1, -0.05) is 6.92 Å². The first-order valence-electron chi connectivity index (χ1n) is 8.82. The minimum absolute atomic E-state index is 0.120. The van der Waals surface area contributed by atoms with E-state index in [4.69, 9.17) is 0 Å². The molecule has 1 amide bonds. The molecule has 3 aromatic heterocycles. The van der Waals surface area contributed by atoms with Gasteiger partial charge in [-0.05, 0) is 42.3 Å². The second-order valence-electron chi connectivity index (χ2n) is 6.81. The number of hydrogen-bond acceptors (Lipinski definition) is 7. The van der Waals surface area contributed by atoms with Crippen LogP contribution in [0, 0.1) is 5.92 Å². The van der Waals surface area contributed by atoms with Gasteiger partial charge in [0.1, 0.15) is 6.54 Å². The number of fused-ring (bicyclic) bond motifs is 1. The number of thiazole rings is 1. The van der Waals surface area contributed by atoms with E-state index in [9.17, 15) is 4.79 Å². The van der Waals surface area contributed by atoms with E-state index < -0.39 is 0 Å². The molecule has 1 aliphatic rings. The number of piperidine rings is 1. The molecule has 4 heterocycles. The van der Waals surface area contributed by atoms with Crippen LogP contribution in [0.25, 0.3) is 4.96 Å². The van der Waals surface area contributed by atoms with Crippen molar-refractivity contribution in [2.45, 2.75) is 39.4 Å². The van der Waals surface area contributed by atoms with Crippen molar-refractivity contribution in [3.8, 4) is 0 Å². The van der Waals surface area contributed by atoms with E-state index in [1.54, 1.807) is 16.0 Å². The van der Waals surface area contributed by atoms with E-state index in [1.165, 1.54) is 12.8 Å². The lowest BCUT2D eigenvalue weighted by Crippen LogP contribution is -2.34. The highest BCUT2D eigenvalue weighted by molar-refractivity contribution is 7.15. The lowest BCUT2D eigenvalue weighted by Gasteiger charge is -2.29. The summed E-state index contributed by atoms with van der Waals surface area (Å²) in [4.78, 5) is 20.0. The first-order valence-corrected chi connectivity index (χ1v) is 9.70. The fraction of sp³-hybridized carbons (Fsp3) is 0.562. The largest absolute Gasteiger partial charge is 0.349 e. The van der Waals surface area contributed by atoms with E-state index in [2.05, 4.69) is 37.6 Å². The molecule has 0 saturated carbocycles. The summed E-state index contributed by atoms with van der Waals surface area (Å²) in [6.45, 7) is 5.60. The molecule has 0 unspecified atom stereocenters. The monoisotopic (exact) mass is 374 g/mol.